The molecule has 282 valence electrons. The van der Waals surface area contributed by atoms with Crippen LogP contribution in [0.2, 0.25) is 5.02 Å². The minimum atomic E-state index is -3.98. The molecule has 0 radical (unpaired) electrons. The van der Waals surface area contributed by atoms with E-state index >= 15 is 0 Å². The number of benzene rings is 2. The molecule has 7 atom stereocenters. The lowest BCUT2D eigenvalue weighted by molar-refractivity contribution is -0.0757. The van der Waals surface area contributed by atoms with Crippen molar-refractivity contribution in [3.8, 4) is 5.75 Å². The van der Waals surface area contributed by atoms with Gasteiger partial charge in [-0.2, -0.15) is 0 Å². The number of carbonyl (C=O) groups excluding carboxylic acids is 1. The summed E-state index contributed by atoms with van der Waals surface area (Å²) in [4.78, 5) is 21.0. The Labute approximate surface area is 313 Å². The predicted molar refractivity (Wildman–Crippen MR) is 205 cm³/mol. The molecule has 2 aliphatic carbocycles. The van der Waals surface area contributed by atoms with Crippen molar-refractivity contribution >= 4 is 33.2 Å². The van der Waals surface area contributed by atoms with Crippen molar-refractivity contribution in [2.75, 3.05) is 70.4 Å². The lowest BCUT2D eigenvalue weighted by Crippen LogP contribution is -2.64. The smallest absolute Gasteiger partial charge is 0.264 e. The van der Waals surface area contributed by atoms with E-state index in [4.69, 9.17) is 16.3 Å². The van der Waals surface area contributed by atoms with Gasteiger partial charge in [0.2, 0.25) is 10.0 Å². The molecule has 0 unspecified atom stereocenters. The third-order valence-electron chi connectivity index (χ3n) is 13.4. The fourth-order valence-electron chi connectivity index (χ4n) is 9.98. The molecule has 6 aliphatic rings. The van der Waals surface area contributed by atoms with E-state index in [0.717, 1.165) is 82.1 Å². The first-order valence-corrected chi connectivity index (χ1v) is 21.3. The molecule has 3 fully saturated rings. The van der Waals surface area contributed by atoms with Crippen LogP contribution in [0.4, 0.5) is 5.69 Å². The second kappa shape index (κ2) is 14.2. The van der Waals surface area contributed by atoms with Crippen molar-refractivity contribution < 1.29 is 23.1 Å². The summed E-state index contributed by atoms with van der Waals surface area (Å²) in [6, 6.07) is 12.0. The van der Waals surface area contributed by atoms with Crippen molar-refractivity contribution in [1.29, 1.82) is 0 Å². The number of halogens is 1. The Bertz CT molecular complexity index is 1820. The molecule has 0 aromatic heterocycles. The molecule has 10 nitrogen and oxygen atoms in total. The maximum absolute atomic E-state index is 13.6. The number of sulfonamides is 1. The summed E-state index contributed by atoms with van der Waals surface area (Å²) in [5, 5.41) is 16.3. The average Bonchev–Trinajstić information content (AvgIpc) is 3.25. The van der Waals surface area contributed by atoms with Crippen LogP contribution in [0.15, 0.2) is 48.6 Å². The number of fused-ring (bicyclic) bond motifs is 5. The first-order chi connectivity index (χ1) is 24.9. The van der Waals surface area contributed by atoms with Crippen LogP contribution < -0.4 is 19.7 Å². The monoisotopic (exact) mass is 751 g/mol. The quantitative estimate of drug-likeness (QED) is 0.389. The Hall–Kier alpha value is -2.67. The first kappa shape index (κ1) is 36.3. The molecule has 2 aromatic rings. The molecule has 1 saturated carbocycles. The zero-order chi connectivity index (χ0) is 36.3. The highest BCUT2D eigenvalue weighted by Gasteiger charge is 2.49. The Morgan fingerprint density at radius 3 is 2.77 bits per heavy atom. The zero-order valence-electron chi connectivity index (χ0n) is 30.5. The van der Waals surface area contributed by atoms with E-state index in [-0.39, 0.29) is 28.7 Å². The molecule has 1 amide bonds. The molecular formula is C40H54ClN5O5S. The van der Waals surface area contributed by atoms with Gasteiger partial charge >= 0.3 is 0 Å². The molecule has 4 aliphatic heterocycles. The number of rotatable bonds is 2. The zero-order valence-corrected chi connectivity index (χ0v) is 32.1. The van der Waals surface area contributed by atoms with Crippen LogP contribution >= 0.6 is 11.6 Å². The van der Waals surface area contributed by atoms with Gasteiger partial charge in [0, 0.05) is 80.9 Å². The Kier molecular flexibility index (Phi) is 9.91. The van der Waals surface area contributed by atoms with E-state index < -0.39 is 26.8 Å². The van der Waals surface area contributed by atoms with Crippen molar-refractivity contribution in [3.05, 3.63) is 70.3 Å². The number of piperazine rings is 2. The number of β-amino-alcohol motifs (C(OH)–C–C–N with tert-alkyl or cyclic N) is 1. The van der Waals surface area contributed by atoms with E-state index in [0.29, 0.717) is 44.5 Å². The van der Waals surface area contributed by atoms with Crippen LogP contribution in [0.25, 0.3) is 0 Å². The van der Waals surface area contributed by atoms with Crippen molar-refractivity contribution in [1.82, 2.24) is 19.8 Å². The number of aliphatic hydroxyl groups is 1. The Morgan fingerprint density at radius 1 is 1.08 bits per heavy atom. The number of amides is 1. The standard InChI is InChI=1S/C40H54ClN5O5S/c1-27-5-3-14-40(48,25-44-17-18-45-16-15-42-21-33(45)23-44)35-10-7-31(35)22-46-24-39(13-4-6-29-19-32(41)9-11-34(29)39)26-51-37-12-8-30(20-36(37)46)38(47)43-52(49,50)28(27)2/h3,8-9,11-12,14,19-20,27-28,31,33,35,42,48H,4-7,10,13,15-18,21-26H2,1-2H3,(H,43,47)/b14-3+/t27-,28+,31-,33+,35+,39-,40+/m0/s1. The van der Waals surface area contributed by atoms with Crippen LogP contribution in [0.3, 0.4) is 0 Å². The maximum atomic E-state index is 13.6. The number of allylic oxidation sites excluding steroid dienone is 1. The Balaban J connectivity index is 1.17. The number of aryl methyl sites for hydroxylation is 1. The number of ether oxygens (including phenoxy) is 1. The first-order valence-electron chi connectivity index (χ1n) is 19.4. The summed E-state index contributed by atoms with van der Waals surface area (Å²) in [6.07, 6.45) is 9.33. The summed E-state index contributed by atoms with van der Waals surface area (Å²) in [6.45, 7) is 11.9. The number of nitrogens with one attached hydrogen (secondary N) is 2. The van der Waals surface area contributed by atoms with Gasteiger partial charge in [-0.3, -0.25) is 14.6 Å². The molecule has 12 heteroatoms. The fraction of sp³-hybridized carbons (Fsp3) is 0.625. The predicted octanol–water partition coefficient (Wildman–Crippen LogP) is 4.20. The van der Waals surface area contributed by atoms with Crippen molar-refractivity contribution in [2.24, 2.45) is 17.8 Å². The molecule has 2 bridgehead atoms. The maximum Gasteiger partial charge on any atom is 0.264 e. The van der Waals surface area contributed by atoms with Crippen molar-refractivity contribution in [3.63, 3.8) is 0 Å². The number of carbonyl (C=O) groups is 1. The van der Waals surface area contributed by atoms with Gasteiger partial charge in [0.25, 0.3) is 5.91 Å². The fourth-order valence-corrected chi connectivity index (χ4v) is 11.5. The van der Waals surface area contributed by atoms with Crippen LogP contribution in [0, 0.1) is 17.8 Å². The SMILES string of the molecule is C[C@@H]1[C@@H](C)C/C=C/[C@@](O)(CN2CCN3CCNC[C@@H]3C2)[C@@H]2CC[C@H]2CN2C[C@@]3(CCCc4cc(Cl)ccc43)COc3ccc(cc32)C(=O)NS1(=O)=O. The van der Waals surface area contributed by atoms with Crippen LogP contribution in [0.5, 0.6) is 5.75 Å². The van der Waals surface area contributed by atoms with Gasteiger partial charge in [0.05, 0.1) is 23.1 Å². The summed E-state index contributed by atoms with van der Waals surface area (Å²) in [7, 11) is -3.98. The largest absolute Gasteiger partial charge is 0.490 e. The molecule has 3 N–H and O–H groups in total. The van der Waals surface area contributed by atoms with Gasteiger partial charge in [-0.25, -0.2) is 13.1 Å². The number of anilines is 1. The van der Waals surface area contributed by atoms with Crippen molar-refractivity contribution in [2.45, 2.75) is 74.7 Å². The topological polar surface area (TPSA) is 114 Å². The van der Waals surface area contributed by atoms with Crippen LogP contribution in [0.1, 0.15) is 67.4 Å². The molecule has 52 heavy (non-hydrogen) atoms. The van der Waals surface area contributed by atoms with Crippen LogP contribution in [-0.2, 0) is 21.9 Å². The third-order valence-corrected chi connectivity index (χ3v) is 15.5. The summed E-state index contributed by atoms with van der Waals surface area (Å²) in [5.74, 6) is 0.0256. The lowest BCUT2D eigenvalue weighted by atomic mass is 9.63. The second-order valence-electron chi connectivity index (χ2n) is 16.6. The van der Waals surface area contributed by atoms with Gasteiger partial charge in [-0.15, -0.1) is 0 Å². The van der Waals surface area contributed by atoms with Gasteiger partial charge in [-0.05, 0) is 105 Å². The normalized spacial score (nSPS) is 35.9. The van der Waals surface area contributed by atoms with E-state index in [9.17, 15) is 18.3 Å². The number of hydrogen-bond acceptors (Lipinski definition) is 9. The van der Waals surface area contributed by atoms with Crippen LogP contribution in [-0.4, -0.2) is 112 Å². The van der Waals surface area contributed by atoms with E-state index in [2.05, 4.69) is 36.9 Å². The summed E-state index contributed by atoms with van der Waals surface area (Å²) >= 11 is 6.49. The minimum Gasteiger partial charge on any atom is -0.490 e. The molecule has 2 saturated heterocycles. The third kappa shape index (κ3) is 6.90. The second-order valence-corrected chi connectivity index (χ2v) is 19.1. The van der Waals surface area contributed by atoms with Gasteiger partial charge in [-0.1, -0.05) is 36.7 Å². The molecular weight excluding hydrogens is 698 g/mol. The lowest BCUT2D eigenvalue weighted by Gasteiger charge is -2.52. The van der Waals surface area contributed by atoms with Gasteiger partial charge < -0.3 is 20.1 Å². The number of nitrogens with zero attached hydrogens (tertiary/aromatic N) is 3. The molecule has 1 spiro atoms. The Morgan fingerprint density at radius 2 is 1.94 bits per heavy atom. The highest BCUT2D eigenvalue weighted by atomic mass is 35.5. The van der Waals surface area contributed by atoms with E-state index in [1.54, 1.807) is 13.0 Å². The van der Waals surface area contributed by atoms with Gasteiger partial charge in [0.1, 0.15) is 5.75 Å². The van der Waals surface area contributed by atoms with Gasteiger partial charge in [0.15, 0.2) is 0 Å². The average molecular weight is 752 g/mol. The molecule has 2 aromatic carbocycles. The molecule has 4 heterocycles. The minimum absolute atomic E-state index is 0.0307. The highest BCUT2D eigenvalue weighted by molar-refractivity contribution is 7.90. The highest BCUT2D eigenvalue weighted by Crippen LogP contribution is 2.48. The van der Waals surface area contributed by atoms with E-state index in [1.807, 2.05) is 37.3 Å². The summed E-state index contributed by atoms with van der Waals surface area (Å²) in [5.41, 5.74) is 2.23. The molecule has 8 rings (SSSR count). The number of hydrogen-bond donors (Lipinski definition) is 3. The van der Waals surface area contributed by atoms with E-state index in [1.165, 1.54) is 11.1 Å². The summed E-state index contributed by atoms with van der Waals surface area (Å²) < 4.78 is 36.1.